The second kappa shape index (κ2) is 6.29. The van der Waals surface area contributed by atoms with E-state index in [9.17, 15) is 9.59 Å². The van der Waals surface area contributed by atoms with Gasteiger partial charge in [0.15, 0.2) is 0 Å². The third-order valence-electron chi connectivity index (χ3n) is 4.37. The standard InChI is InChI=1S/C17H22N2O2/c20-16-9-6-12-19(16)15-8-5-7-14(13-15)17(21)18-10-3-1-2-4-11-18/h5,7-8,13H,1-4,6,9-12H2. The summed E-state index contributed by atoms with van der Waals surface area (Å²) in [6, 6.07) is 7.53. The molecule has 0 unspecified atom stereocenters. The summed E-state index contributed by atoms with van der Waals surface area (Å²) in [5.74, 6) is 0.264. The van der Waals surface area contributed by atoms with Gasteiger partial charge in [-0.25, -0.2) is 0 Å². The Hall–Kier alpha value is -1.84. The van der Waals surface area contributed by atoms with Crippen LogP contribution in [0.5, 0.6) is 0 Å². The predicted molar refractivity (Wildman–Crippen MR) is 82.4 cm³/mol. The first kappa shape index (κ1) is 14.1. The second-order valence-corrected chi connectivity index (χ2v) is 5.91. The lowest BCUT2D eigenvalue weighted by Gasteiger charge is -2.22. The quantitative estimate of drug-likeness (QED) is 0.839. The minimum Gasteiger partial charge on any atom is -0.339 e. The number of carbonyl (C=O) groups excluding carboxylic acids is 2. The van der Waals surface area contributed by atoms with Crippen molar-refractivity contribution in [2.24, 2.45) is 0 Å². The summed E-state index contributed by atoms with van der Waals surface area (Å²) < 4.78 is 0. The van der Waals surface area contributed by atoms with E-state index in [0.717, 1.165) is 44.6 Å². The number of carbonyl (C=O) groups is 2. The van der Waals surface area contributed by atoms with Crippen LogP contribution in [-0.4, -0.2) is 36.3 Å². The molecule has 0 radical (unpaired) electrons. The molecule has 0 N–H and O–H groups in total. The van der Waals surface area contributed by atoms with Crippen LogP contribution < -0.4 is 4.90 Å². The maximum absolute atomic E-state index is 12.6. The Balaban J connectivity index is 1.78. The molecule has 0 bridgehead atoms. The van der Waals surface area contributed by atoms with Gasteiger partial charge in [-0.1, -0.05) is 18.9 Å². The molecule has 4 nitrogen and oxygen atoms in total. The van der Waals surface area contributed by atoms with E-state index in [1.54, 1.807) is 4.90 Å². The van der Waals surface area contributed by atoms with Gasteiger partial charge in [0.25, 0.3) is 5.91 Å². The molecule has 2 saturated heterocycles. The normalized spacial score (nSPS) is 19.7. The molecule has 2 fully saturated rings. The van der Waals surface area contributed by atoms with Gasteiger partial charge in [-0.3, -0.25) is 9.59 Å². The summed E-state index contributed by atoms with van der Waals surface area (Å²) in [7, 11) is 0. The number of likely N-dealkylation sites (tertiary alicyclic amines) is 1. The van der Waals surface area contributed by atoms with Crippen molar-refractivity contribution in [3.63, 3.8) is 0 Å². The number of hydrogen-bond donors (Lipinski definition) is 0. The van der Waals surface area contributed by atoms with Crippen LogP contribution in [0.4, 0.5) is 5.69 Å². The highest BCUT2D eigenvalue weighted by molar-refractivity contribution is 5.99. The minimum atomic E-state index is 0.102. The average Bonchev–Trinajstić information content (AvgIpc) is 2.77. The summed E-state index contributed by atoms with van der Waals surface area (Å²) in [4.78, 5) is 28.2. The smallest absolute Gasteiger partial charge is 0.253 e. The van der Waals surface area contributed by atoms with Crippen molar-refractivity contribution < 1.29 is 9.59 Å². The van der Waals surface area contributed by atoms with E-state index in [0.29, 0.717) is 12.0 Å². The van der Waals surface area contributed by atoms with Gasteiger partial charge < -0.3 is 9.80 Å². The Morgan fingerprint density at radius 3 is 2.38 bits per heavy atom. The maximum Gasteiger partial charge on any atom is 0.253 e. The Kier molecular flexibility index (Phi) is 4.23. The van der Waals surface area contributed by atoms with Gasteiger partial charge in [-0.05, 0) is 37.5 Å². The number of rotatable bonds is 2. The van der Waals surface area contributed by atoms with Crippen LogP contribution in [0.2, 0.25) is 0 Å². The fourth-order valence-corrected chi connectivity index (χ4v) is 3.18. The zero-order valence-corrected chi connectivity index (χ0v) is 12.4. The molecular weight excluding hydrogens is 264 g/mol. The summed E-state index contributed by atoms with van der Waals surface area (Å²) in [5, 5.41) is 0. The summed E-state index contributed by atoms with van der Waals surface area (Å²) >= 11 is 0. The van der Waals surface area contributed by atoms with E-state index in [1.165, 1.54) is 12.8 Å². The number of hydrogen-bond acceptors (Lipinski definition) is 2. The lowest BCUT2D eigenvalue weighted by atomic mass is 10.1. The zero-order chi connectivity index (χ0) is 14.7. The molecule has 3 rings (SSSR count). The van der Waals surface area contributed by atoms with Crippen molar-refractivity contribution in [2.75, 3.05) is 24.5 Å². The number of benzene rings is 1. The number of anilines is 1. The molecule has 4 heteroatoms. The van der Waals surface area contributed by atoms with Gasteiger partial charge in [-0.15, -0.1) is 0 Å². The first-order chi connectivity index (χ1) is 10.3. The SMILES string of the molecule is O=C(c1cccc(N2CCCC2=O)c1)N1CCCCCC1. The second-order valence-electron chi connectivity index (χ2n) is 5.91. The van der Waals surface area contributed by atoms with Gasteiger partial charge >= 0.3 is 0 Å². The average molecular weight is 286 g/mol. The molecule has 1 aromatic rings. The van der Waals surface area contributed by atoms with Crippen LogP contribution >= 0.6 is 0 Å². The molecule has 0 aliphatic carbocycles. The third kappa shape index (κ3) is 3.09. The lowest BCUT2D eigenvalue weighted by Crippen LogP contribution is -2.32. The highest BCUT2D eigenvalue weighted by atomic mass is 16.2. The van der Waals surface area contributed by atoms with E-state index >= 15 is 0 Å². The van der Waals surface area contributed by atoms with Gasteiger partial charge in [0.05, 0.1) is 0 Å². The molecule has 112 valence electrons. The monoisotopic (exact) mass is 286 g/mol. The van der Waals surface area contributed by atoms with E-state index in [2.05, 4.69) is 0 Å². The van der Waals surface area contributed by atoms with E-state index in [4.69, 9.17) is 0 Å². The van der Waals surface area contributed by atoms with Crippen molar-refractivity contribution in [3.8, 4) is 0 Å². The summed E-state index contributed by atoms with van der Waals surface area (Å²) in [5.41, 5.74) is 1.56. The van der Waals surface area contributed by atoms with Crippen LogP contribution in [0.25, 0.3) is 0 Å². The Morgan fingerprint density at radius 1 is 0.952 bits per heavy atom. The maximum atomic E-state index is 12.6. The molecule has 0 saturated carbocycles. The van der Waals surface area contributed by atoms with Crippen LogP contribution in [0.3, 0.4) is 0 Å². The van der Waals surface area contributed by atoms with Crippen molar-refractivity contribution in [2.45, 2.75) is 38.5 Å². The van der Waals surface area contributed by atoms with Crippen molar-refractivity contribution >= 4 is 17.5 Å². The van der Waals surface area contributed by atoms with Gasteiger partial charge in [0.1, 0.15) is 0 Å². The number of amides is 2. The molecule has 2 aliphatic rings. The molecule has 2 aliphatic heterocycles. The number of nitrogens with zero attached hydrogens (tertiary/aromatic N) is 2. The molecule has 0 atom stereocenters. The summed E-state index contributed by atoms with van der Waals surface area (Å²) in [6.07, 6.45) is 6.14. The fourth-order valence-electron chi connectivity index (χ4n) is 3.18. The minimum absolute atomic E-state index is 0.102. The van der Waals surface area contributed by atoms with E-state index < -0.39 is 0 Å². The fraction of sp³-hybridized carbons (Fsp3) is 0.529. The molecule has 21 heavy (non-hydrogen) atoms. The largest absolute Gasteiger partial charge is 0.339 e. The van der Waals surface area contributed by atoms with E-state index in [1.807, 2.05) is 29.2 Å². The third-order valence-corrected chi connectivity index (χ3v) is 4.37. The Labute approximate surface area is 125 Å². The molecule has 2 heterocycles. The molecule has 0 aromatic heterocycles. The highest BCUT2D eigenvalue weighted by Gasteiger charge is 2.23. The highest BCUT2D eigenvalue weighted by Crippen LogP contribution is 2.23. The Bertz CT molecular complexity index is 533. The first-order valence-electron chi connectivity index (χ1n) is 7.95. The van der Waals surface area contributed by atoms with Crippen LogP contribution in [-0.2, 0) is 4.79 Å². The molecule has 1 aromatic carbocycles. The van der Waals surface area contributed by atoms with Crippen molar-refractivity contribution in [1.82, 2.24) is 4.90 Å². The molecular formula is C17H22N2O2. The lowest BCUT2D eigenvalue weighted by molar-refractivity contribution is -0.117. The Morgan fingerprint density at radius 2 is 1.71 bits per heavy atom. The van der Waals surface area contributed by atoms with E-state index in [-0.39, 0.29) is 11.8 Å². The van der Waals surface area contributed by atoms with Crippen LogP contribution in [0, 0.1) is 0 Å². The van der Waals surface area contributed by atoms with Crippen molar-refractivity contribution in [1.29, 1.82) is 0 Å². The zero-order valence-electron chi connectivity index (χ0n) is 12.4. The van der Waals surface area contributed by atoms with Gasteiger partial charge in [0.2, 0.25) is 5.91 Å². The first-order valence-corrected chi connectivity index (χ1v) is 7.95. The van der Waals surface area contributed by atoms with Crippen LogP contribution in [0.1, 0.15) is 48.9 Å². The van der Waals surface area contributed by atoms with Gasteiger partial charge in [-0.2, -0.15) is 0 Å². The van der Waals surface area contributed by atoms with Crippen LogP contribution in [0.15, 0.2) is 24.3 Å². The predicted octanol–water partition coefficient (Wildman–Crippen LogP) is 2.83. The molecule has 2 amide bonds. The topological polar surface area (TPSA) is 40.6 Å². The van der Waals surface area contributed by atoms with Gasteiger partial charge in [0, 0.05) is 37.3 Å². The molecule has 0 spiro atoms. The summed E-state index contributed by atoms with van der Waals surface area (Å²) in [6.45, 7) is 2.47. The van der Waals surface area contributed by atoms with Crippen molar-refractivity contribution in [3.05, 3.63) is 29.8 Å².